The molecule has 1 aliphatic rings. The number of carbonyl (C=O) groups is 3. The molecule has 56 heavy (non-hydrogen) atoms. The van der Waals surface area contributed by atoms with Gasteiger partial charge in [-0.15, -0.1) is 11.3 Å². The van der Waals surface area contributed by atoms with Crippen LogP contribution in [0, 0.1) is 0 Å². The van der Waals surface area contributed by atoms with Crippen molar-refractivity contribution >= 4 is 61.0 Å². The van der Waals surface area contributed by atoms with Crippen LogP contribution in [0.2, 0.25) is 0 Å². The Hall–Kier alpha value is -5.73. The number of rotatable bonds is 17. The molecule has 0 saturated carbocycles. The lowest BCUT2D eigenvalue weighted by Crippen LogP contribution is -2.32. The Balaban J connectivity index is 0.927. The summed E-state index contributed by atoms with van der Waals surface area (Å²) in [6, 6.07) is 21.3. The van der Waals surface area contributed by atoms with Crippen LogP contribution in [0.5, 0.6) is 5.75 Å². The Bertz CT molecular complexity index is 2270. The number of aliphatic carboxylic acids is 1. The second kappa shape index (κ2) is 18.3. The van der Waals surface area contributed by atoms with Crippen LogP contribution in [0.15, 0.2) is 79.1 Å². The number of para-hydroxylation sites is 1. The fourth-order valence-corrected chi connectivity index (χ4v) is 8.64. The molecule has 12 nitrogen and oxygen atoms in total. The van der Waals surface area contributed by atoms with Gasteiger partial charge in [0.1, 0.15) is 5.75 Å². The molecule has 3 aromatic heterocycles. The summed E-state index contributed by atoms with van der Waals surface area (Å²) in [6.07, 6.45) is 10.4. The largest absolute Gasteiger partial charge is 0.494 e. The molecular formula is C42H42N6O6S2. The summed E-state index contributed by atoms with van der Waals surface area (Å²) >= 11 is 2.92. The maximum atomic E-state index is 13.5. The minimum absolute atomic E-state index is 0.203. The van der Waals surface area contributed by atoms with Gasteiger partial charge in [0.05, 0.1) is 23.9 Å². The van der Waals surface area contributed by atoms with E-state index in [0.29, 0.717) is 66.3 Å². The number of carboxylic acids is 1. The Morgan fingerprint density at radius 2 is 1.68 bits per heavy atom. The smallest absolute Gasteiger partial charge is 0.357 e. The highest BCUT2D eigenvalue weighted by atomic mass is 32.1. The Kier molecular flexibility index (Phi) is 12.6. The average molecular weight is 791 g/mol. The third kappa shape index (κ3) is 9.55. The fraction of sp³-hybridized carbons (Fsp3) is 0.310. The summed E-state index contributed by atoms with van der Waals surface area (Å²) in [5.74, 6) is -0.0596. The number of esters is 1. The zero-order valence-corrected chi connectivity index (χ0v) is 32.7. The summed E-state index contributed by atoms with van der Waals surface area (Å²) in [5, 5.41) is 13.0. The van der Waals surface area contributed by atoms with Crippen LogP contribution in [0.4, 0.5) is 10.3 Å². The maximum Gasteiger partial charge on any atom is 0.357 e. The van der Waals surface area contributed by atoms with Gasteiger partial charge in [0, 0.05) is 47.9 Å². The molecule has 0 fully saturated rings. The molecule has 0 radical (unpaired) electrons. The summed E-state index contributed by atoms with van der Waals surface area (Å²) < 4.78 is 12.2. The molecule has 14 heteroatoms. The number of benzene rings is 3. The van der Waals surface area contributed by atoms with Crippen LogP contribution in [0.25, 0.3) is 21.6 Å². The SMILES string of the molecule is COC(=O)c1nc(N2CCc3cccc(C(=O)Nc4nc5ccccc5s4)c3C2)sc1CCCOc1ccc(-c2ncc(CCCCCCC(=O)O)cn2)cc1. The zero-order valence-electron chi connectivity index (χ0n) is 31.0. The number of hydrogen-bond acceptors (Lipinski definition) is 12. The number of hydrogen-bond donors (Lipinski definition) is 2. The number of nitrogens with one attached hydrogen (secondary N) is 1. The summed E-state index contributed by atoms with van der Waals surface area (Å²) in [6.45, 7) is 1.63. The van der Waals surface area contributed by atoms with E-state index < -0.39 is 11.9 Å². The number of nitrogens with zero attached hydrogens (tertiary/aromatic N) is 5. The molecule has 0 unspecified atom stereocenters. The molecule has 0 saturated heterocycles. The molecule has 288 valence electrons. The topological polar surface area (TPSA) is 157 Å². The van der Waals surface area contributed by atoms with E-state index in [2.05, 4.69) is 31.2 Å². The molecule has 0 bridgehead atoms. The van der Waals surface area contributed by atoms with Crippen LogP contribution < -0.4 is 15.0 Å². The van der Waals surface area contributed by atoms with Gasteiger partial charge >= 0.3 is 11.9 Å². The monoisotopic (exact) mass is 790 g/mol. The maximum absolute atomic E-state index is 13.5. The predicted molar refractivity (Wildman–Crippen MR) is 218 cm³/mol. The van der Waals surface area contributed by atoms with Crippen molar-refractivity contribution in [2.24, 2.45) is 0 Å². The second-order valence-electron chi connectivity index (χ2n) is 13.5. The van der Waals surface area contributed by atoms with Gasteiger partial charge in [-0.1, -0.05) is 48.4 Å². The molecule has 1 aliphatic heterocycles. The molecule has 0 aliphatic carbocycles. The lowest BCUT2D eigenvalue weighted by atomic mass is 9.94. The van der Waals surface area contributed by atoms with Crippen molar-refractivity contribution in [2.75, 3.05) is 30.5 Å². The van der Waals surface area contributed by atoms with Crippen molar-refractivity contribution < 1.29 is 29.0 Å². The van der Waals surface area contributed by atoms with Gasteiger partial charge < -0.3 is 19.5 Å². The van der Waals surface area contributed by atoms with Crippen LogP contribution >= 0.6 is 22.7 Å². The molecule has 0 atom stereocenters. The van der Waals surface area contributed by atoms with Gasteiger partial charge in [-0.3, -0.25) is 14.9 Å². The van der Waals surface area contributed by atoms with Crippen molar-refractivity contribution in [3.05, 3.63) is 112 Å². The van der Waals surface area contributed by atoms with E-state index in [1.807, 2.05) is 73.1 Å². The number of fused-ring (bicyclic) bond motifs is 2. The number of methoxy groups -OCH3 is 1. The average Bonchev–Trinajstić information content (AvgIpc) is 3.84. The van der Waals surface area contributed by atoms with E-state index in [9.17, 15) is 14.4 Å². The third-order valence-electron chi connectivity index (χ3n) is 9.61. The molecule has 0 spiro atoms. The van der Waals surface area contributed by atoms with Gasteiger partial charge in [-0.2, -0.15) is 0 Å². The van der Waals surface area contributed by atoms with Gasteiger partial charge in [-0.05, 0) is 97.7 Å². The summed E-state index contributed by atoms with van der Waals surface area (Å²) in [7, 11) is 1.36. The van der Waals surface area contributed by atoms with Crippen molar-refractivity contribution in [1.29, 1.82) is 0 Å². The number of carbonyl (C=O) groups excluding carboxylic acids is 2. The molecular weight excluding hydrogens is 749 g/mol. The van der Waals surface area contributed by atoms with Gasteiger partial charge in [0.25, 0.3) is 5.91 Å². The van der Waals surface area contributed by atoms with Crippen molar-refractivity contribution in [3.8, 4) is 17.1 Å². The van der Waals surface area contributed by atoms with E-state index in [4.69, 9.17) is 19.6 Å². The van der Waals surface area contributed by atoms with Crippen molar-refractivity contribution in [3.63, 3.8) is 0 Å². The van der Waals surface area contributed by atoms with E-state index in [-0.39, 0.29) is 12.3 Å². The molecule has 4 heterocycles. The predicted octanol–water partition coefficient (Wildman–Crippen LogP) is 8.40. The Morgan fingerprint density at radius 3 is 2.46 bits per heavy atom. The highest BCUT2D eigenvalue weighted by Gasteiger charge is 2.27. The van der Waals surface area contributed by atoms with E-state index in [0.717, 1.165) is 75.2 Å². The minimum atomic E-state index is -0.742. The normalized spacial score (nSPS) is 12.3. The molecule has 3 aromatic carbocycles. The van der Waals surface area contributed by atoms with Gasteiger partial charge in [-0.25, -0.2) is 24.7 Å². The molecule has 1 amide bonds. The molecule has 7 rings (SSSR count). The standard InChI is InChI=1S/C42H42N6O6S2/c1-53-40(52)37-35(15-9-23-54-30-19-17-29(18-20-30)38-43-24-27(25-44-38)10-4-2-3-5-16-36(49)50)56-42(46-37)48-22-21-28-11-8-12-31(32(28)26-48)39(51)47-41-45-33-13-6-7-14-34(33)55-41/h6-8,11-14,17-20,24-25H,2-5,9-10,15-16,21-23,26H2,1H3,(H,49,50)(H,45,47,51). The molecule has 6 aromatic rings. The number of carboxylic acid groups (broad SMARTS) is 1. The van der Waals surface area contributed by atoms with Gasteiger partial charge in [0.2, 0.25) is 0 Å². The zero-order chi connectivity index (χ0) is 38.9. The van der Waals surface area contributed by atoms with Gasteiger partial charge in [0.15, 0.2) is 21.8 Å². The number of aromatic nitrogens is 4. The Morgan fingerprint density at radius 1 is 0.875 bits per heavy atom. The number of aryl methyl sites for hydroxylation is 2. The first-order chi connectivity index (χ1) is 27.3. The quantitative estimate of drug-likeness (QED) is 0.0676. The third-order valence-corrected chi connectivity index (χ3v) is 11.7. The van der Waals surface area contributed by atoms with E-state index in [1.165, 1.54) is 29.8 Å². The lowest BCUT2D eigenvalue weighted by Gasteiger charge is -2.29. The number of amides is 1. The van der Waals surface area contributed by atoms with Crippen LogP contribution in [0.3, 0.4) is 0 Å². The minimum Gasteiger partial charge on any atom is -0.494 e. The van der Waals surface area contributed by atoms with Crippen molar-refractivity contribution in [2.45, 2.75) is 64.3 Å². The van der Waals surface area contributed by atoms with Crippen LogP contribution in [0.1, 0.15) is 80.9 Å². The Labute approximate surface area is 332 Å². The number of unbranched alkanes of at least 4 members (excludes halogenated alkanes) is 3. The first kappa shape index (κ1) is 38.5. The highest BCUT2D eigenvalue weighted by Crippen LogP contribution is 2.34. The first-order valence-electron chi connectivity index (χ1n) is 18.7. The van der Waals surface area contributed by atoms with Crippen LogP contribution in [-0.4, -0.2) is 63.1 Å². The van der Waals surface area contributed by atoms with Crippen LogP contribution in [-0.2, 0) is 35.3 Å². The number of ether oxygens (including phenoxy) is 2. The van der Waals surface area contributed by atoms with E-state index in [1.54, 1.807) is 0 Å². The van der Waals surface area contributed by atoms with E-state index >= 15 is 0 Å². The van der Waals surface area contributed by atoms with Crippen molar-refractivity contribution in [1.82, 2.24) is 19.9 Å². The number of thiazole rings is 2. The number of anilines is 2. The first-order valence-corrected chi connectivity index (χ1v) is 20.3. The summed E-state index contributed by atoms with van der Waals surface area (Å²) in [5.41, 5.74) is 5.77. The lowest BCUT2D eigenvalue weighted by molar-refractivity contribution is -0.137. The highest BCUT2D eigenvalue weighted by molar-refractivity contribution is 7.22. The molecule has 2 N–H and O–H groups in total. The summed E-state index contributed by atoms with van der Waals surface area (Å²) in [4.78, 5) is 58.4. The second-order valence-corrected chi connectivity index (χ2v) is 15.6. The fourth-order valence-electron chi connectivity index (χ4n) is 6.66.